The molecule has 5 nitrogen and oxygen atoms in total. The molecule has 1 aromatic carbocycles. The van der Waals surface area contributed by atoms with Crippen LogP contribution in [0.25, 0.3) is 0 Å². The van der Waals surface area contributed by atoms with E-state index in [-0.39, 0.29) is 24.2 Å². The van der Waals surface area contributed by atoms with Crippen LogP contribution >= 0.6 is 0 Å². The third kappa shape index (κ3) is 4.12. The average molecular weight is 406 g/mol. The van der Waals surface area contributed by atoms with Crippen LogP contribution in [0.2, 0.25) is 0 Å². The van der Waals surface area contributed by atoms with Crippen LogP contribution in [0.1, 0.15) is 37.1 Å². The highest BCUT2D eigenvalue weighted by Crippen LogP contribution is 2.36. The monoisotopic (exact) mass is 406 g/mol. The molecule has 8 heteroatoms. The molecule has 1 atom stereocenters. The van der Waals surface area contributed by atoms with Crippen molar-refractivity contribution in [1.82, 2.24) is 9.47 Å². The molecule has 0 unspecified atom stereocenters. The molecule has 2 aliphatic heterocycles. The minimum Gasteiger partial charge on any atom is -0.370 e. The summed E-state index contributed by atoms with van der Waals surface area (Å²) < 4.78 is 41.8. The lowest BCUT2D eigenvalue weighted by Gasteiger charge is -2.34. The molecule has 29 heavy (non-hydrogen) atoms. The van der Waals surface area contributed by atoms with Gasteiger partial charge in [0.15, 0.2) is 0 Å². The Morgan fingerprint density at radius 1 is 1.14 bits per heavy atom. The summed E-state index contributed by atoms with van der Waals surface area (Å²) in [6.45, 7) is 5.27. The molecule has 0 saturated carbocycles. The van der Waals surface area contributed by atoms with Crippen LogP contribution in [-0.4, -0.2) is 41.6 Å². The molecule has 0 bridgehead atoms. The Bertz CT molecular complexity index is 886. The van der Waals surface area contributed by atoms with Crippen molar-refractivity contribution in [1.29, 1.82) is 0 Å². The first-order valence-corrected chi connectivity index (χ1v) is 9.98. The Morgan fingerprint density at radius 3 is 2.62 bits per heavy atom. The number of aromatic nitrogens is 1. The van der Waals surface area contributed by atoms with Gasteiger partial charge in [-0.15, -0.1) is 0 Å². The number of benzene rings is 1. The second-order valence-electron chi connectivity index (χ2n) is 7.74. The number of fused-ring (bicyclic) bond motifs is 1. The van der Waals surface area contributed by atoms with Gasteiger partial charge in [-0.3, -0.25) is 9.69 Å². The smallest absolute Gasteiger partial charge is 0.370 e. The molecule has 1 saturated heterocycles. The first kappa shape index (κ1) is 19.8. The maximum atomic E-state index is 13.2. The molecule has 3 heterocycles. The van der Waals surface area contributed by atoms with Gasteiger partial charge < -0.3 is 14.8 Å². The Labute approximate surface area is 168 Å². The van der Waals surface area contributed by atoms with Crippen LogP contribution in [0.5, 0.6) is 0 Å². The molecule has 0 spiro atoms. The molecule has 4 rings (SSSR count). The van der Waals surface area contributed by atoms with Crippen molar-refractivity contribution in [3.63, 3.8) is 0 Å². The van der Waals surface area contributed by atoms with Crippen molar-refractivity contribution in [2.45, 2.75) is 38.5 Å². The predicted molar refractivity (Wildman–Crippen MR) is 106 cm³/mol. The van der Waals surface area contributed by atoms with Gasteiger partial charge in [0.1, 0.15) is 0 Å². The van der Waals surface area contributed by atoms with Crippen LogP contribution < -0.4 is 10.2 Å². The molecular formula is C21H25F3N4O. The van der Waals surface area contributed by atoms with E-state index < -0.39 is 11.7 Å². The van der Waals surface area contributed by atoms with Crippen LogP contribution in [0.4, 0.5) is 24.5 Å². The first-order valence-electron chi connectivity index (χ1n) is 9.98. The van der Waals surface area contributed by atoms with Crippen LogP contribution in [0.15, 0.2) is 36.5 Å². The number of carbonyl (C=O) groups excluding carboxylic acids is 1. The number of alkyl halides is 3. The minimum absolute atomic E-state index is 0.0732. The van der Waals surface area contributed by atoms with Gasteiger partial charge in [0.05, 0.1) is 23.5 Å². The summed E-state index contributed by atoms with van der Waals surface area (Å²) in [5.41, 5.74) is 1.28. The molecule has 1 amide bonds. The Hall–Kier alpha value is -2.48. The predicted octanol–water partition coefficient (Wildman–Crippen LogP) is 4.12. The molecular weight excluding hydrogens is 381 g/mol. The van der Waals surface area contributed by atoms with Crippen molar-refractivity contribution >= 4 is 17.3 Å². The van der Waals surface area contributed by atoms with E-state index in [0.29, 0.717) is 5.69 Å². The van der Waals surface area contributed by atoms with Crippen molar-refractivity contribution in [2.75, 3.05) is 36.4 Å². The fourth-order valence-electron chi connectivity index (χ4n) is 4.26. The number of hydrogen-bond acceptors (Lipinski definition) is 3. The summed E-state index contributed by atoms with van der Waals surface area (Å²) in [6.07, 6.45) is -0.428. The van der Waals surface area contributed by atoms with Gasteiger partial charge in [-0.25, -0.2) is 0 Å². The van der Waals surface area contributed by atoms with E-state index in [0.717, 1.165) is 56.8 Å². The summed E-state index contributed by atoms with van der Waals surface area (Å²) in [5.74, 6) is -0.295. The van der Waals surface area contributed by atoms with Crippen molar-refractivity contribution in [2.24, 2.45) is 0 Å². The molecule has 0 aliphatic carbocycles. The summed E-state index contributed by atoms with van der Waals surface area (Å²) in [6, 6.07) is 7.71. The lowest BCUT2D eigenvalue weighted by atomic mass is 10.1. The Balaban J connectivity index is 1.52. The summed E-state index contributed by atoms with van der Waals surface area (Å²) in [7, 11) is 0. The number of rotatable bonds is 4. The van der Waals surface area contributed by atoms with Gasteiger partial charge in [0.2, 0.25) is 5.91 Å². The number of amides is 1. The quantitative estimate of drug-likeness (QED) is 0.830. The van der Waals surface area contributed by atoms with E-state index in [9.17, 15) is 18.0 Å². The molecule has 0 radical (unpaired) electrons. The highest BCUT2D eigenvalue weighted by atomic mass is 19.4. The number of carbonyl (C=O) groups is 1. The van der Waals surface area contributed by atoms with Crippen LogP contribution in [0, 0.1) is 0 Å². The SMILES string of the molecule is C[C@H]1c2cccn2CCN1CC(=O)Nc1cc(C(F)(F)F)ccc1N1CCCC1. The molecule has 2 aromatic rings. The molecule has 2 aliphatic rings. The molecule has 156 valence electrons. The number of nitrogens with zero attached hydrogens (tertiary/aromatic N) is 3. The number of nitrogens with one attached hydrogen (secondary N) is 1. The lowest BCUT2D eigenvalue weighted by molar-refractivity contribution is -0.137. The van der Waals surface area contributed by atoms with Gasteiger partial charge in [0, 0.05) is 44.1 Å². The van der Waals surface area contributed by atoms with Gasteiger partial charge >= 0.3 is 6.18 Å². The maximum Gasteiger partial charge on any atom is 0.416 e. The third-order valence-electron chi connectivity index (χ3n) is 5.86. The van der Waals surface area contributed by atoms with E-state index in [4.69, 9.17) is 0 Å². The van der Waals surface area contributed by atoms with Crippen LogP contribution in [-0.2, 0) is 17.5 Å². The van der Waals surface area contributed by atoms with Gasteiger partial charge in [-0.05, 0) is 50.1 Å². The molecule has 1 N–H and O–H groups in total. The van der Waals surface area contributed by atoms with Crippen molar-refractivity contribution in [3.05, 3.63) is 47.8 Å². The average Bonchev–Trinajstić information content (AvgIpc) is 3.35. The van der Waals surface area contributed by atoms with E-state index in [1.165, 1.54) is 6.07 Å². The topological polar surface area (TPSA) is 40.5 Å². The normalized spacial score (nSPS) is 20.0. The van der Waals surface area contributed by atoms with E-state index in [2.05, 4.69) is 9.88 Å². The fourth-order valence-corrected chi connectivity index (χ4v) is 4.26. The number of hydrogen-bond donors (Lipinski definition) is 1. The standard InChI is InChI=1S/C21H25F3N4O/c1-15-18-5-4-10-27(18)11-12-28(15)14-20(29)25-17-13-16(21(22,23)24)6-7-19(17)26-8-2-3-9-26/h4-7,10,13,15H,2-3,8-9,11-12,14H2,1H3,(H,25,29)/t15-/m0/s1. The number of anilines is 2. The Morgan fingerprint density at radius 2 is 1.90 bits per heavy atom. The zero-order valence-electron chi connectivity index (χ0n) is 16.4. The summed E-state index contributed by atoms with van der Waals surface area (Å²) >= 11 is 0. The van der Waals surface area contributed by atoms with Gasteiger partial charge in [-0.2, -0.15) is 13.2 Å². The first-order chi connectivity index (χ1) is 13.8. The Kier molecular flexibility index (Phi) is 5.29. The second kappa shape index (κ2) is 7.74. The van der Waals surface area contributed by atoms with Crippen LogP contribution in [0.3, 0.4) is 0 Å². The van der Waals surface area contributed by atoms with Gasteiger partial charge in [0.25, 0.3) is 0 Å². The maximum absolute atomic E-state index is 13.2. The largest absolute Gasteiger partial charge is 0.416 e. The van der Waals surface area contributed by atoms with Gasteiger partial charge in [-0.1, -0.05) is 0 Å². The van der Waals surface area contributed by atoms with Crippen molar-refractivity contribution < 1.29 is 18.0 Å². The molecule has 1 fully saturated rings. The molecule has 1 aromatic heterocycles. The van der Waals surface area contributed by atoms with E-state index in [1.54, 1.807) is 0 Å². The van der Waals surface area contributed by atoms with Crippen molar-refractivity contribution in [3.8, 4) is 0 Å². The highest BCUT2D eigenvalue weighted by Gasteiger charge is 2.32. The van der Waals surface area contributed by atoms with E-state index in [1.807, 2.05) is 35.1 Å². The lowest BCUT2D eigenvalue weighted by Crippen LogP contribution is -2.41. The summed E-state index contributed by atoms with van der Waals surface area (Å²) in [4.78, 5) is 16.8. The fraction of sp³-hybridized carbons (Fsp3) is 0.476. The minimum atomic E-state index is -4.45. The summed E-state index contributed by atoms with van der Waals surface area (Å²) in [5, 5.41) is 2.76. The van der Waals surface area contributed by atoms with E-state index >= 15 is 0 Å². The zero-order chi connectivity index (χ0) is 20.6. The highest BCUT2D eigenvalue weighted by molar-refractivity contribution is 5.96. The second-order valence-corrected chi connectivity index (χ2v) is 7.74. The third-order valence-corrected chi connectivity index (χ3v) is 5.86. The zero-order valence-corrected chi connectivity index (χ0v) is 16.4. The number of halogens is 3.